The minimum absolute atomic E-state index is 0.0129. The molecule has 0 aliphatic heterocycles. The molecule has 6 nitrogen and oxygen atoms in total. The number of amides is 1. The SMILES string of the molecule is CCOc1ccc(S(=O)(=O)NC(=O)[C@H]2C[C@H]2C)cc1OCC. The van der Waals surface area contributed by atoms with Gasteiger partial charge >= 0.3 is 0 Å². The Morgan fingerprint density at radius 1 is 1.23 bits per heavy atom. The minimum Gasteiger partial charge on any atom is -0.490 e. The van der Waals surface area contributed by atoms with Crippen LogP contribution >= 0.6 is 0 Å². The summed E-state index contributed by atoms with van der Waals surface area (Å²) in [6.07, 6.45) is 0.731. The number of hydrogen-bond donors (Lipinski definition) is 1. The van der Waals surface area contributed by atoms with Gasteiger partial charge in [0.2, 0.25) is 5.91 Å². The number of rotatable bonds is 7. The molecule has 1 N–H and O–H groups in total. The molecule has 0 spiro atoms. The van der Waals surface area contributed by atoms with Crippen molar-refractivity contribution in [2.75, 3.05) is 13.2 Å². The number of hydrogen-bond acceptors (Lipinski definition) is 5. The van der Waals surface area contributed by atoms with Crippen LogP contribution in [0.15, 0.2) is 23.1 Å². The molecular weight excluding hydrogens is 306 g/mol. The van der Waals surface area contributed by atoms with Crippen LogP contribution in [0.2, 0.25) is 0 Å². The van der Waals surface area contributed by atoms with Crippen molar-refractivity contribution in [1.82, 2.24) is 4.72 Å². The van der Waals surface area contributed by atoms with Crippen molar-refractivity contribution >= 4 is 15.9 Å². The summed E-state index contributed by atoms with van der Waals surface area (Å²) in [6, 6.07) is 4.31. The van der Waals surface area contributed by atoms with E-state index in [0.717, 1.165) is 6.42 Å². The van der Waals surface area contributed by atoms with E-state index in [2.05, 4.69) is 4.72 Å². The van der Waals surface area contributed by atoms with Gasteiger partial charge in [-0.15, -0.1) is 0 Å². The van der Waals surface area contributed by atoms with Gasteiger partial charge in [0.05, 0.1) is 18.1 Å². The van der Waals surface area contributed by atoms with Crippen LogP contribution in [-0.2, 0) is 14.8 Å². The molecule has 1 saturated carbocycles. The standard InChI is InChI=1S/C15H21NO5S/c1-4-20-13-7-6-11(9-14(13)21-5-2)22(18,19)16-15(17)12-8-10(12)3/h6-7,9-10,12H,4-5,8H2,1-3H3,(H,16,17)/t10-,12+/m1/s1. The molecule has 0 aromatic heterocycles. The summed E-state index contributed by atoms with van der Waals surface area (Å²) >= 11 is 0. The summed E-state index contributed by atoms with van der Waals surface area (Å²) in [4.78, 5) is 11.8. The van der Waals surface area contributed by atoms with Gasteiger partial charge in [-0.25, -0.2) is 13.1 Å². The van der Waals surface area contributed by atoms with Crippen LogP contribution in [0.3, 0.4) is 0 Å². The van der Waals surface area contributed by atoms with Crippen LogP contribution in [-0.4, -0.2) is 27.5 Å². The average molecular weight is 327 g/mol. The van der Waals surface area contributed by atoms with Gasteiger partial charge in [0.1, 0.15) is 0 Å². The number of nitrogens with one attached hydrogen (secondary N) is 1. The van der Waals surface area contributed by atoms with Crippen molar-refractivity contribution in [2.45, 2.75) is 32.1 Å². The van der Waals surface area contributed by atoms with Crippen LogP contribution in [0.25, 0.3) is 0 Å². The van der Waals surface area contributed by atoms with E-state index in [-0.39, 0.29) is 16.7 Å². The highest BCUT2D eigenvalue weighted by molar-refractivity contribution is 7.90. The molecule has 2 atom stereocenters. The van der Waals surface area contributed by atoms with Crippen LogP contribution in [0, 0.1) is 11.8 Å². The van der Waals surface area contributed by atoms with E-state index < -0.39 is 15.9 Å². The summed E-state index contributed by atoms with van der Waals surface area (Å²) < 4.78 is 37.5. The van der Waals surface area contributed by atoms with Crippen molar-refractivity contribution in [3.05, 3.63) is 18.2 Å². The second-order valence-electron chi connectivity index (χ2n) is 5.26. The van der Waals surface area contributed by atoms with Crippen molar-refractivity contribution in [3.8, 4) is 11.5 Å². The quantitative estimate of drug-likeness (QED) is 0.828. The van der Waals surface area contributed by atoms with E-state index in [1.54, 1.807) is 6.92 Å². The van der Waals surface area contributed by atoms with E-state index in [0.29, 0.717) is 24.7 Å². The zero-order valence-electron chi connectivity index (χ0n) is 13.0. The normalized spacial score (nSPS) is 20.3. The minimum atomic E-state index is -3.90. The molecular formula is C15H21NO5S. The fourth-order valence-corrected chi connectivity index (χ4v) is 3.20. The topological polar surface area (TPSA) is 81.7 Å². The molecule has 22 heavy (non-hydrogen) atoms. The molecule has 0 saturated heterocycles. The summed E-state index contributed by atoms with van der Waals surface area (Å²) in [5.41, 5.74) is 0. The number of sulfonamides is 1. The van der Waals surface area contributed by atoms with Gasteiger partial charge < -0.3 is 9.47 Å². The Hall–Kier alpha value is -1.76. The highest BCUT2D eigenvalue weighted by atomic mass is 32.2. The third-order valence-electron chi connectivity index (χ3n) is 3.51. The Balaban J connectivity index is 2.22. The lowest BCUT2D eigenvalue weighted by Gasteiger charge is -2.13. The first kappa shape index (κ1) is 16.6. The maximum Gasteiger partial charge on any atom is 0.264 e. The van der Waals surface area contributed by atoms with E-state index in [4.69, 9.17) is 9.47 Å². The van der Waals surface area contributed by atoms with Gasteiger partial charge in [0.15, 0.2) is 11.5 Å². The second kappa shape index (κ2) is 6.56. The highest BCUT2D eigenvalue weighted by Crippen LogP contribution is 2.38. The number of ether oxygens (including phenoxy) is 2. The third kappa shape index (κ3) is 3.71. The van der Waals surface area contributed by atoms with Gasteiger partial charge in [-0.1, -0.05) is 6.92 Å². The molecule has 1 aliphatic rings. The lowest BCUT2D eigenvalue weighted by molar-refractivity contribution is -0.120. The van der Waals surface area contributed by atoms with Gasteiger partial charge in [-0.05, 0) is 38.3 Å². The molecule has 122 valence electrons. The van der Waals surface area contributed by atoms with E-state index in [1.165, 1.54) is 18.2 Å². The van der Waals surface area contributed by atoms with Crippen LogP contribution < -0.4 is 14.2 Å². The molecule has 0 heterocycles. The molecule has 1 amide bonds. The molecule has 0 bridgehead atoms. The number of carbonyl (C=O) groups is 1. The summed E-state index contributed by atoms with van der Waals surface area (Å²) in [5.74, 6) is 0.419. The lowest BCUT2D eigenvalue weighted by atomic mass is 10.3. The molecule has 1 aromatic rings. The number of carbonyl (C=O) groups excluding carboxylic acids is 1. The smallest absolute Gasteiger partial charge is 0.264 e. The monoisotopic (exact) mass is 327 g/mol. The van der Waals surface area contributed by atoms with Crippen molar-refractivity contribution in [1.29, 1.82) is 0 Å². The Labute approximate surface area is 130 Å². The van der Waals surface area contributed by atoms with Crippen molar-refractivity contribution < 1.29 is 22.7 Å². The van der Waals surface area contributed by atoms with Crippen LogP contribution in [0.4, 0.5) is 0 Å². The summed E-state index contributed by atoms with van der Waals surface area (Å²) in [7, 11) is -3.90. The first-order valence-corrected chi connectivity index (χ1v) is 8.83. The van der Waals surface area contributed by atoms with Gasteiger partial charge in [-0.2, -0.15) is 0 Å². The highest BCUT2D eigenvalue weighted by Gasteiger charge is 2.40. The molecule has 7 heteroatoms. The van der Waals surface area contributed by atoms with E-state index >= 15 is 0 Å². The van der Waals surface area contributed by atoms with Crippen molar-refractivity contribution in [3.63, 3.8) is 0 Å². The van der Waals surface area contributed by atoms with Gasteiger partial charge in [-0.3, -0.25) is 4.79 Å². The molecule has 1 aliphatic carbocycles. The van der Waals surface area contributed by atoms with Crippen LogP contribution in [0.1, 0.15) is 27.2 Å². The molecule has 0 radical (unpaired) electrons. The summed E-state index contributed by atoms with van der Waals surface area (Å²) in [6.45, 7) is 6.38. The first-order chi connectivity index (χ1) is 10.4. The predicted molar refractivity (Wildman–Crippen MR) is 81.4 cm³/mol. The molecule has 1 aromatic carbocycles. The molecule has 1 fully saturated rings. The fraction of sp³-hybridized carbons (Fsp3) is 0.533. The first-order valence-electron chi connectivity index (χ1n) is 7.35. The Bertz CT molecular complexity index is 656. The zero-order valence-corrected chi connectivity index (χ0v) is 13.8. The number of benzene rings is 1. The Morgan fingerprint density at radius 2 is 1.82 bits per heavy atom. The van der Waals surface area contributed by atoms with Gasteiger partial charge in [0.25, 0.3) is 10.0 Å². The Morgan fingerprint density at radius 3 is 2.36 bits per heavy atom. The molecule has 0 unspecified atom stereocenters. The van der Waals surface area contributed by atoms with Gasteiger partial charge in [0, 0.05) is 12.0 Å². The largest absolute Gasteiger partial charge is 0.490 e. The van der Waals surface area contributed by atoms with Crippen molar-refractivity contribution in [2.24, 2.45) is 11.8 Å². The Kier molecular flexibility index (Phi) is 4.95. The lowest BCUT2D eigenvalue weighted by Crippen LogP contribution is -2.32. The van der Waals surface area contributed by atoms with Crippen LogP contribution in [0.5, 0.6) is 11.5 Å². The maximum atomic E-state index is 12.3. The fourth-order valence-electron chi connectivity index (χ4n) is 2.15. The second-order valence-corrected chi connectivity index (χ2v) is 6.95. The third-order valence-corrected chi connectivity index (χ3v) is 4.85. The maximum absolute atomic E-state index is 12.3. The molecule has 2 rings (SSSR count). The zero-order chi connectivity index (χ0) is 16.3. The van der Waals surface area contributed by atoms with E-state index in [1.807, 2.05) is 13.8 Å². The van der Waals surface area contributed by atoms with E-state index in [9.17, 15) is 13.2 Å². The predicted octanol–water partition coefficient (Wildman–Crippen LogP) is 1.94. The average Bonchev–Trinajstić information content (AvgIpc) is 3.18. The summed E-state index contributed by atoms with van der Waals surface area (Å²) in [5, 5.41) is 0.